The number of benzene rings is 2. The molecule has 0 saturated carbocycles. The zero-order chi connectivity index (χ0) is 17.5. The summed E-state index contributed by atoms with van der Waals surface area (Å²) in [6.45, 7) is 5.36. The van der Waals surface area contributed by atoms with Gasteiger partial charge in [0.25, 0.3) is 0 Å². The van der Waals surface area contributed by atoms with Crippen LogP contribution in [0, 0.1) is 6.92 Å². The van der Waals surface area contributed by atoms with Crippen molar-refractivity contribution in [3.05, 3.63) is 65.9 Å². The van der Waals surface area contributed by atoms with Crippen LogP contribution in [0.3, 0.4) is 0 Å². The van der Waals surface area contributed by atoms with Gasteiger partial charge in [0.1, 0.15) is 5.75 Å². The lowest BCUT2D eigenvalue weighted by Crippen LogP contribution is -2.05. The summed E-state index contributed by atoms with van der Waals surface area (Å²) in [7, 11) is 0. The van der Waals surface area contributed by atoms with Gasteiger partial charge in [-0.3, -0.25) is 0 Å². The van der Waals surface area contributed by atoms with Crippen molar-refractivity contribution in [2.75, 3.05) is 17.2 Å². The minimum atomic E-state index is 0.443. The second kappa shape index (κ2) is 8.10. The van der Waals surface area contributed by atoms with Crippen molar-refractivity contribution >= 4 is 17.5 Å². The van der Waals surface area contributed by atoms with Gasteiger partial charge in [-0.25, -0.2) is 0 Å². The van der Waals surface area contributed by atoms with E-state index in [9.17, 15) is 0 Å². The lowest BCUT2D eigenvalue weighted by Gasteiger charge is -2.09. The first-order valence-electron chi connectivity index (χ1n) is 8.22. The molecule has 0 fully saturated rings. The van der Waals surface area contributed by atoms with Crippen molar-refractivity contribution in [2.45, 2.75) is 20.4 Å². The second-order valence-corrected chi connectivity index (χ2v) is 5.59. The Morgan fingerprint density at radius 3 is 2.48 bits per heavy atom. The summed E-state index contributed by atoms with van der Waals surface area (Å²) in [4.78, 5) is 4.43. The largest absolute Gasteiger partial charge is 0.494 e. The third kappa shape index (κ3) is 4.91. The smallest absolute Gasteiger partial charge is 0.249 e. The number of aromatic nitrogens is 3. The summed E-state index contributed by atoms with van der Waals surface area (Å²) in [5.41, 5.74) is 3.31. The zero-order valence-corrected chi connectivity index (χ0v) is 14.4. The first-order chi connectivity index (χ1) is 12.2. The Labute approximate surface area is 147 Å². The number of hydrogen-bond donors (Lipinski definition) is 2. The van der Waals surface area contributed by atoms with Crippen molar-refractivity contribution in [3.8, 4) is 5.75 Å². The Hall–Kier alpha value is -3.15. The molecule has 1 aromatic heterocycles. The number of ether oxygens (including phenoxy) is 1. The summed E-state index contributed by atoms with van der Waals surface area (Å²) in [5, 5.41) is 14.4. The van der Waals surface area contributed by atoms with Crippen LogP contribution in [-0.2, 0) is 6.54 Å². The lowest BCUT2D eigenvalue weighted by atomic mass is 10.1. The summed E-state index contributed by atoms with van der Waals surface area (Å²) in [6.07, 6.45) is 1.61. The highest BCUT2D eigenvalue weighted by Gasteiger charge is 2.02. The average Bonchev–Trinajstić information content (AvgIpc) is 2.64. The molecule has 0 aliphatic rings. The van der Waals surface area contributed by atoms with Crippen molar-refractivity contribution < 1.29 is 4.74 Å². The van der Waals surface area contributed by atoms with Gasteiger partial charge in [-0.15, -0.1) is 5.10 Å². The van der Waals surface area contributed by atoms with Crippen LogP contribution < -0.4 is 15.4 Å². The highest BCUT2D eigenvalue weighted by Crippen LogP contribution is 2.18. The standard InChI is InChI=1S/C19H21N5O/c1-3-25-17-10-8-16(9-11-17)22-19-23-18(13-21-24-19)20-12-15-6-4-14(2)5-7-15/h4-11,13H,3,12H2,1-2H3,(H2,20,22,23,24). The van der Waals surface area contributed by atoms with E-state index in [1.807, 2.05) is 31.2 Å². The number of anilines is 3. The van der Waals surface area contributed by atoms with E-state index in [1.54, 1.807) is 6.20 Å². The van der Waals surface area contributed by atoms with E-state index in [0.717, 1.165) is 11.4 Å². The summed E-state index contributed by atoms with van der Waals surface area (Å²) < 4.78 is 5.43. The first kappa shape index (κ1) is 16.7. The average molecular weight is 335 g/mol. The maximum Gasteiger partial charge on any atom is 0.249 e. The minimum Gasteiger partial charge on any atom is -0.494 e. The SMILES string of the molecule is CCOc1ccc(Nc2nncc(NCc3ccc(C)cc3)n2)cc1. The van der Waals surface area contributed by atoms with Crippen molar-refractivity contribution in [3.63, 3.8) is 0 Å². The highest BCUT2D eigenvalue weighted by molar-refractivity contribution is 5.55. The molecule has 0 aliphatic heterocycles. The van der Waals surface area contributed by atoms with Gasteiger partial charge in [0.2, 0.25) is 5.95 Å². The molecule has 2 aromatic carbocycles. The molecule has 0 spiro atoms. The molecule has 1 heterocycles. The van der Waals surface area contributed by atoms with Gasteiger partial charge >= 0.3 is 0 Å². The Morgan fingerprint density at radius 1 is 1.00 bits per heavy atom. The molecule has 128 valence electrons. The molecule has 25 heavy (non-hydrogen) atoms. The Morgan fingerprint density at radius 2 is 1.76 bits per heavy atom. The van der Waals surface area contributed by atoms with E-state index in [2.05, 4.69) is 57.0 Å². The quantitative estimate of drug-likeness (QED) is 0.681. The fourth-order valence-electron chi connectivity index (χ4n) is 2.27. The predicted octanol–water partition coefficient (Wildman–Crippen LogP) is 3.93. The molecule has 0 bridgehead atoms. The molecule has 6 nitrogen and oxygen atoms in total. The van der Waals surface area contributed by atoms with E-state index < -0.39 is 0 Å². The molecule has 0 saturated heterocycles. The minimum absolute atomic E-state index is 0.443. The number of aryl methyl sites for hydroxylation is 1. The van der Waals surface area contributed by atoms with Crippen molar-refractivity contribution in [2.24, 2.45) is 0 Å². The van der Waals surface area contributed by atoms with E-state index in [0.29, 0.717) is 24.9 Å². The van der Waals surface area contributed by atoms with Crippen LogP contribution in [0.5, 0.6) is 5.75 Å². The molecule has 6 heteroatoms. The molecule has 0 aliphatic carbocycles. The van der Waals surface area contributed by atoms with Gasteiger partial charge in [0.05, 0.1) is 12.8 Å². The third-order valence-electron chi connectivity index (χ3n) is 3.57. The maximum atomic E-state index is 5.43. The monoisotopic (exact) mass is 335 g/mol. The number of rotatable bonds is 7. The topological polar surface area (TPSA) is 72.0 Å². The molecule has 0 unspecified atom stereocenters. The van der Waals surface area contributed by atoms with Gasteiger partial charge in [0.15, 0.2) is 5.82 Å². The first-order valence-corrected chi connectivity index (χ1v) is 8.22. The van der Waals surface area contributed by atoms with Gasteiger partial charge in [-0.05, 0) is 43.7 Å². The molecule has 3 aromatic rings. The van der Waals surface area contributed by atoms with Gasteiger partial charge in [-0.1, -0.05) is 29.8 Å². The van der Waals surface area contributed by atoms with Crippen LogP contribution in [0.15, 0.2) is 54.7 Å². The van der Waals surface area contributed by atoms with E-state index in [-0.39, 0.29) is 0 Å². The summed E-state index contributed by atoms with van der Waals surface area (Å²) >= 11 is 0. The van der Waals surface area contributed by atoms with Crippen LogP contribution in [0.1, 0.15) is 18.1 Å². The Bertz CT molecular complexity index is 803. The van der Waals surface area contributed by atoms with Gasteiger partial charge in [-0.2, -0.15) is 10.1 Å². The zero-order valence-electron chi connectivity index (χ0n) is 14.4. The van der Waals surface area contributed by atoms with Crippen LogP contribution >= 0.6 is 0 Å². The predicted molar refractivity (Wildman–Crippen MR) is 99.2 cm³/mol. The van der Waals surface area contributed by atoms with Gasteiger partial charge in [0, 0.05) is 12.2 Å². The maximum absolute atomic E-state index is 5.43. The fraction of sp³-hybridized carbons (Fsp3) is 0.211. The normalized spacial score (nSPS) is 10.3. The molecule has 0 atom stereocenters. The van der Waals surface area contributed by atoms with Gasteiger partial charge < -0.3 is 15.4 Å². The molecule has 3 rings (SSSR count). The summed E-state index contributed by atoms with van der Waals surface area (Å²) in [5.74, 6) is 1.95. The third-order valence-corrected chi connectivity index (χ3v) is 3.57. The molecule has 0 amide bonds. The van der Waals surface area contributed by atoms with Crippen LogP contribution in [-0.4, -0.2) is 21.8 Å². The number of hydrogen-bond acceptors (Lipinski definition) is 6. The Balaban J connectivity index is 1.61. The second-order valence-electron chi connectivity index (χ2n) is 5.59. The van der Waals surface area contributed by atoms with Crippen LogP contribution in [0.2, 0.25) is 0 Å². The van der Waals surface area contributed by atoms with E-state index in [4.69, 9.17) is 4.74 Å². The molecular weight excluding hydrogens is 314 g/mol. The van der Waals surface area contributed by atoms with Crippen LogP contribution in [0.4, 0.5) is 17.5 Å². The fourth-order valence-corrected chi connectivity index (χ4v) is 2.27. The molecule has 2 N–H and O–H groups in total. The Kier molecular flexibility index (Phi) is 5.41. The summed E-state index contributed by atoms with van der Waals surface area (Å²) in [6, 6.07) is 16.0. The molecule has 0 radical (unpaired) electrons. The van der Waals surface area contributed by atoms with E-state index >= 15 is 0 Å². The van der Waals surface area contributed by atoms with Crippen LogP contribution in [0.25, 0.3) is 0 Å². The highest BCUT2D eigenvalue weighted by atomic mass is 16.5. The van der Waals surface area contributed by atoms with Crippen molar-refractivity contribution in [1.29, 1.82) is 0 Å². The molecular formula is C19H21N5O. The lowest BCUT2D eigenvalue weighted by molar-refractivity contribution is 0.340. The van der Waals surface area contributed by atoms with E-state index in [1.165, 1.54) is 11.1 Å². The number of nitrogens with zero attached hydrogens (tertiary/aromatic N) is 3. The van der Waals surface area contributed by atoms with Crippen molar-refractivity contribution in [1.82, 2.24) is 15.2 Å². The number of nitrogens with one attached hydrogen (secondary N) is 2.